The molecule has 0 aromatic heterocycles. The second-order valence-electron chi connectivity index (χ2n) is 4.78. The summed E-state index contributed by atoms with van der Waals surface area (Å²) in [6, 6.07) is 3.59. The van der Waals surface area contributed by atoms with Crippen LogP contribution in [0.15, 0.2) is 24.3 Å². The normalized spacial score (nSPS) is 17.6. The van der Waals surface area contributed by atoms with Crippen LogP contribution in [0.1, 0.15) is 17.2 Å². The van der Waals surface area contributed by atoms with E-state index in [9.17, 15) is 27.9 Å². The molecule has 2 rings (SSSR count). The number of benzene rings is 1. The second kappa shape index (κ2) is 5.36. The van der Waals surface area contributed by atoms with E-state index in [0.29, 0.717) is 0 Å². The highest BCUT2D eigenvalue weighted by atomic mass is 19.4. The first-order valence-corrected chi connectivity index (χ1v) is 6.11. The van der Waals surface area contributed by atoms with Gasteiger partial charge in [-0.3, -0.25) is 9.69 Å². The van der Waals surface area contributed by atoms with E-state index in [1.807, 2.05) is 0 Å². The van der Waals surface area contributed by atoms with Crippen molar-refractivity contribution < 1.29 is 27.9 Å². The molecule has 0 radical (unpaired) electrons. The molecule has 1 saturated heterocycles. The van der Waals surface area contributed by atoms with Crippen LogP contribution in [-0.4, -0.2) is 47.0 Å². The number of carbonyl (C=O) groups excluding carboxylic acids is 2. The fourth-order valence-corrected chi connectivity index (χ4v) is 2.05. The Hall–Kier alpha value is -2.09. The summed E-state index contributed by atoms with van der Waals surface area (Å²) >= 11 is 0. The molecular formula is C13H13F3N2O3. The molecule has 1 fully saturated rings. The molecule has 1 aromatic carbocycles. The minimum Gasteiger partial charge on any atom is -0.387 e. The zero-order valence-corrected chi connectivity index (χ0v) is 11.1. The van der Waals surface area contributed by atoms with Gasteiger partial charge in [0.2, 0.25) is 5.91 Å². The number of halogens is 3. The number of likely N-dealkylation sites (N-methyl/N-ethyl adjacent to an activating group) is 1. The topological polar surface area (TPSA) is 60.9 Å². The standard InChI is InChI=1S/C13H13F3N2O3/c1-17-7-11(20)18(12(17)21)6-10(19)8-3-2-4-9(5-8)13(14,15)16/h2-5,10,19H,6-7H2,1H3/t10-/m0/s1. The number of imide groups is 1. The molecule has 1 atom stereocenters. The van der Waals surface area contributed by atoms with Crippen LogP contribution in [0, 0.1) is 0 Å². The maximum absolute atomic E-state index is 12.6. The van der Waals surface area contributed by atoms with E-state index in [-0.39, 0.29) is 18.7 Å². The number of carbonyl (C=O) groups is 2. The van der Waals surface area contributed by atoms with Gasteiger partial charge in [0, 0.05) is 7.05 Å². The number of rotatable bonds is 3. The molecule has 0 saturated carbocycles. The Balaban J connectivity index is 2.16. The zero-order valence-electron chi connectivity index (χ0n) is 11.1. The number of aliphatic hydroxyl groups is 1. The molecule has 1 N–H and O–H groups in total. The van der Waals surface area contributed by atoms with Crippen LogP contribution in [0.25, 0.3) is 0 Å². The quantitative estimate of drug-likeness (QED) is 0.863. The van der Waals surface area contributed by atoms with Crippen molar-refractivity contribution >= 4 is 11.9 Å². The van der Waals surface area contributed by atoms with Crippen molar-refractivity contribution in [3.8, 4) is 0 Å². The highest BCUT2D eigenvalue weighted by Crippen LogP contribution is 2.31. The van der Waals surface area contributed by atoms with Gasteiger partial charge in [-0.05, 0) is 17.7 Å². The van der Waals surface area contributed by atoms with Crippen molar-refractivity contribution in [1.29, 1.82) is 0 Å². The van der Waals surface area contributed by atoms with Crippen molar-refractivity contribution in [1.82, 2.24) is 9.80 Å². The minimum absolute atomic E-state index is 0.0000203. The van der Waals surface area contributed by atoms with Gasteiger partial charge >= 0.3 is 12.2 Å². The van der Waals surface area contributed by atoms with Crippen LogP contribution < -0.4 is 0 Å². The van der Waals surface area contributed by atoms with E-state index in [1.165, 1.54) is 24.1 Å². The molecule has 0 spiro atoms. The monoisotopic (exact) mass is 302 g/mol. The lowest BCUT2D eigenvalue weighted by Gasteiger charge is -2.19. The Morgan fingerprint density at radius 2 is 2.00 bits per heavy atom. The Labute approximate surface area is 118 Å². The van der Waals surface area contributed by atoms with Gasteiger partial charge in [0.1, 0.15) is 6.54 Å². The summed E-state index contributed by atoms with van der Waals surface area (Å²) in [4.78, 5) is 25.2. The fraction of sp³-hybridized carbons (Fsp3) is 0.385. The third kappa shape index (κ3) is 3.15. The largest absolute Gasteiger partial charge is 0.416 e. The SMILES string of the molecule is CN1CC(=O)N(C[C@H](O)c2cccc(C(F)(F)F)c2)C1=O. The van der Waals surface area contributed by atoms with Crippen LogP contribution in [0.2, 0.25) is 0 Å². The number of hydrogen-bond acceptors (Lipinski definition) is 3. The molecule has 1 aliphatic rings. The first-order chi connectivity index (χ1) is 9.70. The molecule has 0 aliphatic carbocycles. The molecule has 5 nitrogen and oxygen atoms in total. The number of aliphatic hydroxyl groups excluding tert-OH is 1. The molecular weight excluding hydrogens is 289 g/mol. The lowest BCUT2D eigenvalue weighted by atomic mass is 10.1. The third-order valence-corrected chi connectivity index (χ3v) is 3.19. The Kier molecular flexibility index (Phi) is 3.91. The molecule has 1 aromatic rings. The summed E-state index contributed by atoms with van der Waals surface area (Å²) in [6.07, 6.45) is -5.89. The molecule has 1 heterocycles. The predicted octanol–water partition coefficient (Wildman–Crippen LogP) is 1.63. The number of amides is 3. The summed E-state index contributed by atoms with van der Waals surface area (Å²) in [7, 11) is 1.43. The van der Waals surface area contributed by atoms with Gasteiger partial charge in [-0.25, -0.2) is 4.79 Å². The van der Waals surface area contributed by atoms with Crippen molar-refractivity contribution in [3.63, 3.8) is 0 Å². The lowest BCUT2D eigenvalue weighted by Crippen LogP contribution is -2.35. The number of nitrogens with zero attached hydrogens (tertiary/aromatic N) is 2. The Bertz CT molecular complexity index is 574. The average molecular weight is 302 g/mol. The summed E-state index contributed by atoms with van der Waals surface area (Å²) in [5.41, 5.74) is -0.893. The number of β-amino-alcohol motifs (C(OH)–C–C–N with tert-alkyl or cyclic N) is 1. The fourth-order valence-electron chi connectivity index (χ4n) is 2.05. The predicted molar refractivity (Wildman–Crippen MR) is 66.1 cm³/mol. The van der Waals surface area contributed by atoms with Gasteiger partial charge in [0.05, 0.1) is 18.2 Å². The van der Waals surface area contributed by atoms with Crippen LogP contribution in [0.5, 0.6) is 0 Å². The molecule has 1 aliphatic heterocycles. The first kappa shape index (κ1) is 15.3. The molecule has 21 heavy (non-hydrogen) atoms. The van der Waals surface area contributed by atoms with Gasteiger partial charge in [0.15, 0.2) is 0 Å². The van der Waals surface area contributed by atoms with E-state index in [2.05, 4.69) is 0 Å². The molecule has 0 unspecified atom stereocenters. The molecule has 114 valence electrons. The smallest absolute Gasteiger partial charge is 0.387 e. The molecule has 8 heteroatoms. The van der Waals surface area contributed by atoms with Crippen molar-refractivity contribution in [3.05, 3.63) is 35.4 Å². The molecule has 0 bridgehead atoms. The van der Waals surface area contributed by atoms with Gasteiger partial charge in [-0.2, -0.15) is 13.2 Å². The van der Waals surface area contributed by atoms with Gasteiger partial charge < -0.3 is 10.0 Å². The number of urea groups is 1. The number of hydrogen-bond donors (Lipinski definition) is 1. The molecule has 3 amide bonds. The van der Waals surface area contributed by atoms with Gasteiger partial charge in [-0.15, -0.1) is 0 Å². The summed E-state index contributed by atoms with van der Waals surface area (Å²) in [5, 5.41) is 9.96. The lowest BCUT2D eigenvalue weighted by molar-refractivity contribution is -0.137. The Morgan fingerprint density at radius 3 is 2.52 bits per heavy atom. The summed E-state index contributed by atoms with van der Waals surface area (Å²) < 4.78 is 37.8. The maximum atomic E-state index is 12.6. The van der Waals surface area contributed by atoms with Crippen LogP contribution >= 0.6 is 0 Å². The highest BCUT2D eigenvalue weighted by Gasteiger charge is 2.35. The van der Waals surface area contributed by atoms with E-state index in [4.69, 9.17) is 0 Å². The second-order valence-corrected chi connectivity index (χ2v) is 4.78. The van der Waals surface area contributed by atoms with Crippen LogP contribution in [0.4, 0.5) is 18.0 Å². The van der Waals surface area contributed by atoms with Crippen molar-refractivity contribution in [2.45, 2.75) is 12.3 Å². The zero-order chi connectivity index (χ0) is 15.8. The average Bonchev–Trinajstić information content (AvgIpc) is 2.64. The van der Waals surface area contributed by atoms with E-state index in [0.717, 1.165) is 17.0 Å². The van der Waals surface area contributed by atoms with Gasteiger partial charge in [0.25, 0.3) is 0 Å². The van der Waals surface area contributed by atoms with E-state index >= 15 is 0 Å². The maximum Gasteiger partial charge on any atom is 0.416 e. The third-order valence-electron chi connectivity index (χ3n) is 3.19. The van der Waals surface area contributed by atoms with Crippen molar-refractivity contribution in [2.75, 3.05) is 20.1 Å². The van der Waals surface area contributed by atoms with Gasteiger partial charge in [-0.1, -0.05) is 12.1 Å². The van der Waals surface area contributed by atoms with E-state index in [1.54, 1.807) is 0 Å². The van der Waals surface area contributed by atoms with Crippen LogP contribution in [0.3, 0.4) is 0 Å². The number of alkyl halides is 3. The Morgan fingerprint density at radius 1 is 1.33 bits per heavy atom. The van der Waals surface area contributed by atoms with Crippen LogP contribution in [-0.2, 0) is 11.0 Å². The van der Waals surface area contributed by atoms with Crippen molar-refractivity contribution in [2.24, 2.45) is 0 Å². The first-order valence-electron chi connectivity index (χ1n) is 6.11. The summed E-state index contributed by atoms with van der Waals surface area (Å²) in [6.45, 7) is -0.475. The highest BCUT2D eigenvalue weighted by molar-refractivity contribution is 6.01. The van der Waals surface area contributed by atoms with E-state index < -0.39 is 29.8 Å². The summed E-state index contributed by atoms with van der Waals surface area (Å²) in [5.74, 6) is -0.492. The minimum atomic E-state index is -4.52.